The predicted octanol–water partition coefficient (Wildman–Crippen LogP) is 1.19. The molecule has 2 fully saturated rings. The number of ether oxygens (including phenoxy) is 1. The Labute approximate surface area is 148 Å². The van der Waals surface area contributed by atoms with Gasteiger partial charge in [-0.3, -0.25) is 14.5 Å². The Morgan fingerprint density at radius 2 is 1.84 bits per heavy atom. The molecule has 2 N–H and O–H groups in total. The van der Waals surface area contributed by atoms with E-state index in [1.54, 1.807) is 0 Å². The average molecular weight is 345 g/mol. The van der Waals surface area contributed by atoms with Crippen molar-refractivity contribution >= 4 is 11.8 Å². The van der Waals surface area contributed by atoms with Crippen LogP contribution in [0.4, 0.5) is 0 Å². The third-order valence-electron chi connectivity index (χ3n) is 4.70. The van der Waals surface area contributed by atoms with Gasteiger partial charge in [-0.2, -0.15) is 0 Å². The number of morpholine rings is 1. The number of rotatable bonds is 5. The van der Waals surface area contributed by atoms with Gasteiger partial charge in [0.1, 0.15) is 6.04 Å². The van der Waals surface area contributed by atoms with Crippen molar-refractivity contribution in [3.05, 3.63) is 35.4 Å². The summed E-state index contributed by atoms with van der Waals surface area (Å²) in [6.45, 7) is 7.53. The molecule has 6 nitrogen and oxygen atoms in total. The van der Waals surface area contributed by atoms with Crippen LogP contribution in [0.15, 0.2) is 24.3 Å². The highest BCUT2D eigenvalue weighted by Gasteiger charge is 2.26. The van der Waals surface area contributed by atoms with Crippen molar-refractivity contribution in [2.75, 3.05) is 13.1 Å². The summed E-state index contributed by atoms with van der Waals surface area (Å²) >= 11 is 0. The van der Waals surface area contributed by atoms with Crippen LogP contribution < -0.4 is 10.6 Å². The molecule has 6 heteroatoms. The van der Waals surface area contributed by atoms with Crippen molar-refractivity contribution in [2.45, 2.75) is 58.0 Å². The standard InChI is InChI=1S/C19H27N3O3/c1-13-10-22(11-14(2)25-13)12-16-5-3-15(4-6-16)9-20-19(24)17-7-8-18(23)21-17/h3-6,13-14,17H,7-12H2,1-2H3,(H,20,24)(H,21,23)/t13-,14+,17-/m0/s1. The lowest BCUT2D eigenvalue weighted by Crippen LogP contribution is -2.44. The quantitative estimate of drug-likeness (QED) is 0.841. The third kappa shape index (κ3) is 5.03. The molecule has 2 saturated heterocycles. The summed E-state index contributed by atoms with van der Waals surface area (Å²) < 4.78 is 5.77. The predicted molar refractivity (Wildman–Crippen MR) is 94.7 cm³/mol. The van der Waals surface area contributed by atoms with Crippen LogP contribution in [0, 0.1) is 0 Å². The highest BCUT2D eigenvalue weighted by Crippen LogP contribution is 2.15. The largest absolute Gasteiger partial charge is 0.373 e. The molecule has 0 bridgehead atoms. The Morgan fingerprint density at radius 1 is 1.20 bits per heavy atom. The van der Waals surface area contributed by atoms with Crippen LogP contribution in [0.1, 0.15) is 37.8 Å². The average Bonchev–Trinajstić information content (AvgIpc) is 2.99. The summed E-state index contributed by atoms with van der Waals surface area (Å²) in [5, 5.41) is 5.58. The summed E-state index contributed by atoms with van der Waals surface area (Å²) in [7, 11) is 0. The van der Waals surface area contributed by atoms with E-state index in [0.29, 0.717) is 19.4 Å². The molecule has 3 rings (SSSR count). The molecular weight excluding hydrogens is 318 g/mol. The van der Waals surface area contributed by atoms with Crippen LogP contribution in [0.5, 0.6) is 0 Å². The van der Waals surface area contributed by atoms with Crippen LogP contribution in [-0.4, -0.2) is 48.1 Å². The fraction of sp³-hybridized carbons (Fsp3) is 0.579. The van der Waals surface area contributed by atoms with Gasteiger partial charge in [0.05, 0.1) is 12.2 Å². The molecule has 2 aliphatic heterocycles. The minimum atomic E-state index is -0.378. The third-order valence-corrected chi connectivity index (χ3v) is 4.70. The van der Waals surface area contributed by atoms with Gasteiger partial charge in [0.2, 0.25) is 11.8 Å². The number of benzene rings is 1. The Bertz CT molecular complexity index is 607. The molecule has 3 atom stereocenters. The first-order chi connectivity index (χ1) is 12.0. The minimum Gasteiger partial charge on any atom is -0.373 e. The van der Waals surface area contributed by atoms with Gasteiger partial charge < -0.3 is 15.4 Å². The molecule has 2 heterocycles. The second kappa shape index (κ2) is 7.97. The molecule has 2 amide bonds. The molecule has 2 aliphatic rings. The number of nitrogens with one attached hydrogen (secondary N) is 2. The number of hydrogen-bond acceptors (Lipinski definition) is 4. The first-order valence-electron chi connectivity index (χ1n) is 9.02. The molecule has 25 heavy (non-hydrogen) atoms. The number of amides is 2. The summed E-state index contributed by atoms with van der Waals surface area (Å²) in [5.74, 6) is -0.150. The molecule has 0 unspecified atom stereocenters. The van der Waals surface area contributed by atoms with Gasteiger partial charge in [-0.25, -0.2) is 0 Å². The van der Waals surface area contributed by atoms with E-state index in [-0.39, 0.29) is 30.1 Å². The topological polar surface area (TPSA) is 70.7 Å². The van der Waals surface area contributed by atoms with Crippen molar-refractivity contribution in [3.8, 4) is 0 Å². The second-order valence-corrected chi connectivity index (χ2v) is 7.14. The zero-order valence-electron chi connectivity index (χ0n) is 15.0. The molecule has 0 saturated carbocycles. The molecule has 0 aliphatic carbocycles. The highest BCUT2D eigenvalue weighted by atomic mass is 16.5. The normalized spacial score (nSPS) is 27.1. The second-order valence-electron chi connectivity index (χ2n) is 7.14. The van der Waals surface area contributed by atoms with E-state index in [2.05, 4.69) is 53.6 Å². The monoisotopic (exact) mass is 345 g/mol. The molecule has 1 aromatic rings. The minimum absolute atomic E-state index is 0.0451. The summed E-state index contributed by atoms with van der Waals surface area (Å²) in [6.07, 6.45) is 1.56. The van der Waals surface area contributed by atoms with Crippen molar-refractivity contribution in [1.82, 2.24) is 15.5 Å². The number of carbonyl (C=O) groups excluding carboxylic acids is 2. The van der Waals surface area contributed by atoms with Crippen LogP contribution in [-0.2, 0) is 27.4 Å². The highest BCUT2D eigenvalue weighted by molar-refractivity contribution is 5.90. The van der Waals surface area contributed by atoms with E-state index in [9.17, 15) is 9.59 Å². The Morgan fingerprint density at radius 3 is 2.44 bits per heavy atom. The van der Waals surface area contributed by atoms with E-state index in [0.717, 1.165) is 25.2 Å². The van der Waals surface area contributed by atoms with Crippen molar-refractivity contribution < 1.29 is 14.3 Å². The van der Waals surface area contributed by atoms with Gasteiger partial charge in [-0.15, -0.1) is 0 Å². The number of hydrogen-bond donors (Lipinski definition) is 2. The van der Waals surface area contributed by atoms with Crippen molar-refractivity contribution in [1.29, 1.82) is 0 Å². The summed E-state index contributed by atoms with van der Waals surface area (Å²) in [5.41, 5.74) is 2.32. The maximum atomic E-state index is 12.0. The molecule has 0 aromatic heterocycles. The van der Waals surface area contributed by atoms with E-state index < -0.39 is 0 Å². The van der Waals surface area contributed by atoms with Crippen LogP contribution in [0.2, 0.25) is 0 Å². The maximum absolute atomic E-state index is 12.0. The summed E-state index contributed by atoms with van der Waals surface area (Å²) in [4.78, 5) is 25.6. The van der Waals surface area contributed by atoms with Crippen LogP contribution >= 0.6 is 0 Å². The van der Waals surface area contributed by atoms with Crippen LogP contribution in [0.3, 0.4) is 0 Å². The molecule has 136 valence electrons. The van der Waals surface area contributed by atoms with E-state index in [1.807, 2.05) is 0 Å². The molecular formula is C19H27N3O3. The number of carbonyl (C=O) groups is 2. The van der Waals surface area contributed by atoms with Gasteiger partial charge in [-0.1, -0.05) is 24.3 Å². The molecule has 0 radical (unpaired) electrons. The summed E-state index contributed by atoms with van der Waals surface area (Å²) in [6, 6.07) is 7.96. The first kappa shape index (κ1) is 17.9. The fourth-order valence-electron chi connectivity index (χ4n) is 3.56. The maximum Gasteiger partial charge on any atom is 0.242 e. The smallest absolute Gasteiger partial charge is 0.242 e. The van der Waals surface area contributed by atoms with Gasteiger partial charge in [0, 0.05) is 32.6 Å². The lowest BCUT2D eigenvalue weighted by atomic mass is 10.1. The Hall–Kier alpha value is -1.92. The Kier molecular flexibility index (Phi) is 5.71. The number of nitrogens with zero attached hydrogens (tertiary/aromatic N) is 1. The van der Waals surface area contributed by atoms with Crippen molar-refractivity contribution in [2.24, 2.45) is 0 Å². The lowest BCUT2D eigenvalue weighted by molar-refractivity contribution is -0.125. The van der Waals surface area contributed by atoms with Crippen LogP contribution in [0.25, 0.3) is 0 Å². The first-order valence-corrected chi connectivity index (χ1v) is 9.02. The fourth-order valence-corrected chi connectivity index (χ4v) is 3.56. The van der Waals surface area contributed by atoms with Gasteiger partial charge in [-0.05, 0) is 31.4 Å². The molecule has 0 spiro atoms. The Balaban J connectivity index is 1.47. The zero-order valence-corrected chi connectivity index (χ0v) is 15.0. The van der Waals surface area contributed by atoms with Gasteiger partial charge in [0.25, 0.3) is 0 Å². The van der Waals surface area contributed by atoms with E-state index in [1.165, 1.54) is 5.56 Å². The molecule has 1 aromatic carbocycles. The van der Waals surface area contributed by atoms with E-state index in [4.69, 9.17) is 4.74 Å². The van der Waals surface area contributed by atoms with Gasteiger partial charge in [0.15, 0.2) is 0 Å². The van der Waals surface area contributed by atoms with Crippen molar-refractivity contribution in [3.63, 3.8) is 0 Å². The zero-order chi connectivity index (χ0) is 17.8. The lowest BCUT2D eigenvalue weighted by Gasteiger charge is -2.35. The van der Waals surface area contributed by atoms with E-state index >= 15 is 0 Å². The van der Waals surface area contributed by atoms with Gasteiger partial charge >= 0.3 is 0 Å². The SMILES string of the molecule is C[C@@H]1CN(Cc2ccc(CNC(=O)[C@@H]3CCC(=O)N3)cc2)C[C@H](C)O1.